The first-order valence-electron chi connectivity index (χ1n) is 9.58. The number of nitrogens with zero attached hydrogens (tertiary/aromatic N) is 3. The van der Waals surface area contributed by atoms with E-state index in [0.29, 0.717) is 17.4 Å². The van der Waals surface area contributed by atoms with Crippen LogP contribution in [0.3, 0.4) is 0 Å². The Morgan fingerprint density at radius 1 is 1.24 bits per heavy atom. The van der Waals surface area contributed by atoms with E-state index in [9.17, 15) is 9.59 Å². The average Bonchev–Trinajstić information content (AvgIpc) is 3.06. The molecular weight excluding hydrogens is 392 g/mol. The number of hydrogen-bond donors (Lipinski definition) is 1. The smallest absolute Gasteiger partial charge is 0.249 e. The topological polar surface area (TPSA) is 76.5 Å². The number of aromatic nitrogens is 2. The third-order valence-corrected chi connectivity index (χ3v) is 4.52. The molecule has 0 aliphatic rings. The Bertz CT molecular complexity index is 841. The summed E-state index contributed by atoms with van der Waals surface area (Å²) in [5.41, 5.74) is 1.42. The van der Waals surface area contributed by atoms with Gasteiger partial charge in [-0.25, -0.2) is 4.68 Å². The Kier molecular flexibility index (Phi) is 7.81. The lowest BCUT2D eigenvalue weighted by molar-refractivity contribution is -0.138. The average molecular weight is 421 g/mol. The minimum atomic E-state index is -0.293. The fourth-order valence-electron chi connectivity index (χ4n) is 2.75. The number of anilines is 1. The van der Waals surface area contributed by atoms with Crippen LogP contribution in [0.5, 0.6) is 0 Å². The molecular formula is C21H29ClN4O3. The number of hydrogen-bond acceptors (Lipinski definition) is 4. The predicted molar refractivity (Wildman–Crippen MR) is 115 cm³/mol. The van der Waals surface area contributed by atoms with Gasteiger partial charge in [-0.1, -0.05) is 39.3 Å². The lowest BCUT2D eigenvalue weighted by Crippen LogP contribution is -2.40. The summed E-state index contributed by atoms with van der Waals surface area (Å²) in [7, 11) is 1.46. The molecule has 1 aromatic heterocycles. The van der Waals surface area contributed by atoms with E-state index in [-0.39, 0.29) is 30.4 Å². The van der Waals surface area contributed by atoms with E-state index in [1.807, 2.05) is 25.1 Å². The van der Waals surface area contributed by atoms with Crippen molar-refractivity contribution in [3.63, 3.8) is 0 Å². The summed E-state index contributed by atoms with van der Waals surface area (Å²) in [6, 6.07) is 9.07. The lowest BCUT2D eigenvalue weighted by Gasteiger charge is -2.21. The van der Waals surface area contributed by atoms with E-state index in [1.165, 1.54) is 12.0 Å². The normalized spacial score (nSPS) is 11.4. The Morgan fingerprint density at radius 2 is 1.90 bits per heavy atom. The molecule has 1 N–H and O–H groups in total. The van der Waals surface area contributed by atoms with Crippen LogP contribution in [0.25, 0.3) is 5.69 Å². The molecule has 0 saturated carbocycles. The van der Waals surface area contributed by atoms with Gasteiger partial charge in [-0.2, -0.15) is 5.10 Å². The summed E-state index contributed by atoms with van der Waals surface area (Å²) in [5, 5.41) is 8.19. The molecule has 0 fully saturated rings. The van der Waals surface area contributed by atoms with E-state index in [1.54, 1.807) is 16.8 Å². The molecule has 0 atom stereocenters. The fourth-order valence-corrected chi connectivity index (χ4v) is 2.87. The Morgan fingerprint density at radius 3 is 2.45 bits per heavy atom. The van der Waals surface area contributed by atoms with Gasteiger partial charge in [0.05, 0.1) is 17.9 Å². The van der Waals surface area contributed by atoms with Gasteiger partial charge in [0, 0.05) is 30.2 Å². The molecule has 2 rings (SSSR count). The van der Waals surface area contributed by atoms with Crippen LogP contribution >= 0.6 is 11.6 Å². The van der Waals surface area contributed by atoms with Gasteiger partial charge in [0.25, 0.3) is 0 Å². The summed E-state index contributed by atoms with van der Waals surface area (Å²) in [5.74, 6) is 0.0300. The summed E-state index contributed by atoms with van der Waals surface area (Å²) < 4.78 is 6.59. The lowest BCUT2D eigenvalue weighted by atomic mass is 9.92. The van der Waals surface area contributed by atoms with Crippen molar-refractivity contribution in [1.29, 1.82) is 0 Å². The molecule has 0 bridgehead atoms. The maximum Gasteiger partial charge on any atom is 0.249 e. The van der Waals surface area contributed by atoms with Gasteiger partial charge in [0.2, 0.25) is 11.8 Å². The van der Waals surface area contributed by atoms with Crippen LogP contribution in [-0.2, 0) is 19.7 Å². The zero-order valence-electron chi connectivity index (χ0n) is 17.7. The fraction of sp³-hybridized carbons (Fsp3) is 0.476. The molecule has 0 aliphatic heterocycles. The number of nitrogens with one attached hydrogen (secondary N) is 1. The maximum absolute atomic E-state index is 12.7. The van der Waals surface area contributed by atoms with Crippen LogP contribution in [0.4, 0.5) is 5.82 Å². The number of rotatable bonds is 8. The Hall–Kier alpha value is -2.38. The molecule has 0 aliphatic carbocycles. The first-order valence-corrected chi connectivity index (χ1v) is 9.96. The maximum atomic E-state index is 12.7. The highest BCUT2D eigenvalue weighted by molar-refractivity contribution is 6.30. The summed E-state index contributed by atoms with van der Waals surface area (Å²) >= 11 is 6.00. The molecule has 2 aromatic rings. The molecule has 29 heavy (non-hydrogen) atoms. The molecule has 0 radical (unpaired) electrons. The van der Waals surface area contributed by atoms with Crippen LogP contribution in [0.1, 0.15) is 39.8 Å². The molecule has 1 aromatic carbocycles. The van der Waals surface area contributed by atoms with E-state index in [2.05, 4.69) is 31.2 Å². The quantitative estimate of drug-likeness (QED) is 0.707. The van der Waals surface area contributed by atoms with E-state index in [0.717, 1.165) is 17.8 Å². The molecule has 1 heterocycles. The van der Waals surface area contributed by atoms with Gasteiger partial charge >= 0.3 is 0 Å². The molecule has 0 spiro atoms. The van der Waals surface area contributed by atoms with E-state index < -0.39 is 0 Å². The Balaban J connectivity index is 2.28. The van der Waals surface area contributed by atoms with Crippen molar-refractivity contribution in [3.8, 4) is 5.69 Å². The minimum Gasteiger partial charge on any atom is -0.375 e. The molecule has 7 nitrogen and oxygen atoms in total. The van der Waals surface area contributed by atoms with Crippen LogP contribution in [0.2, 0.25) is 5.02 Å². The molecule has 158 valence electrons. The van der Waals surface area contributed by atoms with Gasteiger partial charge in [-0.05, 0) is 30.7 Å². The Labute approximate surface area is 177 Å². The summed E-state index contributed by atoms with van der Waals surface area (Å²) in [4.78, 5) is 26.4. The number of methoxy groups -OCH3 is 1. The van der Waals surface area contributed by atoms with Gasteiger partial charge < -0.3 is 15.0 Å². The third-order valence-electron chi connectivity index (χ3n) is 4.26. The minimum absolute atomic E-state index is 0.0489. The van der Waals surface area contributed by atoms with Crippen LogP contribution < -0.4 is 5.32 Å². The third kappa shape index (κ3) is 6.30. The van der Waals surface area contributed by atoms with Crippen molar-refractivity contribution in [3.05, 3.63) is 41.0 Å². The monoisotopic (exact) mass is 420 g/mol. The van der Waals surface area contributed by atoms with E-state index in [4.69, 9.17) is 16.3 Å². The second-order valence-electron chi connectivity index (χ2n) is 7.85. The molecule has 0 unspecified atom stereocenters. The number of benzene rings is 1. The number of carbonyl (C=O) groups is 2. The highest BCUT2D eigenvalue weighted by atomic mass is 35.5. The zero-order valence-corrected chi connectivity index (χ0v) is 18.4. The summed E-state index contributed by atoms with van der Waals surface area (Å²) in [6.07, 6.45) is 0.750. The first kappa shape index (κ1) is 22.9. The van der Waals surface area contributed by atoms with Crippen LogP contribution in [0.15, 0.2) is 30.3 Å². The van der Waals surface area contributed by atoms with Gasteiger partial charge in [-0.15, -0.1) is 0 Å². The van der Waals surface area contributed by atoms with Crippen LogP contribution in [-0.4, -0.2) is 53.3 Å². The van der Waals surface area contributed by atoms with Crippen molar-refractivity contribution < 1.29 is 14.3 Å². The van der Waals surface area contributed by atoms with Crippen molar-refractivity contribution >= 4 is 29.2 Å². The number of ether oxygens (including phenoxy) is 1. The molecule has 0 saturated heterocycles. The van der Waals surface area contributed by atoms with E-state index >= 15 is 0 Å². The van der Waals surface area contributed by atoms with Crippen molar-refractivity contribution in [2.24, 2.45) is 0 Å². The largest absolute Gasteiger partial charge is 0.375 e. The second-order valence-corrected chi connectivity index (χ2v) is 8.29. The first-order chi connectivity index (χ1) is 13.7. The highest BCUT2D eigenvalue weighted by Crippen LogP contribution is 2.26. The molecule has 2 amide bonds. The summed E-state index contributed by atoms with van der Waals surface area (Å²) in [6.45, 7) is 8.50. The van der Waals surface area contributed by atoms with Gasteiger partial charge in [-0.3, -0.25) is 9.59 Å². The van der Waals surface area contributed by atoms with Crippen molar-refractivity contribution in [2.75, 3.05) is 32.1 Å². The van der Waals surface area contributed by atoms with Gasteiger partial charge in [0.15, 0.2) is 0 Å². The second kappa shape index (κ2) is 9.89. The van der Waals surface area contributed by atoms with Crippen molar-refractivity contribution in [1.82, 2.24) is 14.7 Å². The number of halogens is 1. The number of carbonyl (C=O) groups excluding carboxylic acids is 2. The van der Waals surface area contributed by atoms with Crippen molar-refractivity contribution in [2.45, 2.75) is 39.5 Å². The molecule has 8 heteroatoms. The SMILES string of the molecule is CCCN(CC(=O)Nc1cc(C(C)(C)C)nn1-c1ccc(Cl)cc1)C(=O)COC. The van der Waals surface area contributed by atoms with Crippen LogP contribution in [0, 0.1) is 0 Å². The number of amides is 2. The highest BCUT2D eigenvalue weighted by Gasteiger charge is 2.23. The predicted octanol–water partition coefficient (Wildman–Crippen LogP) is 3.65. The standard InChI is InChI=1S/C21H29ClN4O3/c1-6-11-25(20(28)14-29-5)13-19(27)23-18-12-17(21(2,3)4)24-26(18)16-9-7-15(22)8-10-16/h7-10,12H,6,11,13-14H2,1-5H3,(H,23,27). The zero-order chi connectivity index (χ0) is 21.6. The van der Waals surface area contributed by atoms with Gasteiger partial charge in [0.1, 0.15) is 12.4 Å².